The number of anilines is 3. The molecule has 5 rings (SSSR count). The summed E-state index contributed by atoms with van der Waals surface area (Å²) in [5.41, 5.74) is -0.0750. The monoisotopic (exact) mass is 433 g/mol. The second kappa shape index (κ2) is 7.82. The molecule has 0 saturated heterocycles. The molecule has 2 aliphatic rings. The van der Waals surface area contributed by atoms with Crippen molar-refractivity contribution in [2.24, 2.45) is 0 Å². The lowest BCUT2D eigenvalue weighted by Crippen LogP contribution is -2.23. The van der Waals surface area contributed by atoms with Gasteiger partial charge in [0.1, 0.15) is 24.7 Å². The number of aromatic nitrogens is 3. The Balaban J connectivity index is 1.55. The highest BCUT2D eigenvalue weighted by Crippen LogP contribution is 2.41. The van der Waals surface area contributed by atoms with Crippen LogP contribution in [0.2, 0.25) is 0 Å². The van der Waals surface area contributed by atoms with E-state index in [0.717, 1.165) is 38.3 Å². The Morgan fingerprint density at radius 2 is 1.84 bits per heavy atom. The molecule has 31 heavy (non-hydrogen) atoms. The van der Waals surface area contributed by atoms with E-state index in [9.17, 15) is 13.2 Å². The number of fused-ring (bicyclic) bond motifs is 2. The maximum atomic E-state index is 13.6. The summed E-state index contributed by atoms with van der Waals surface area (Å²) in [5.74, 6) is 1.47. The molecule has 0 spiro atoms. The van der Waals surface area contributed by atoms with Crippen molar-refractivity contribution in [3.05, 3.63) is 30.0 Å². The van der Waals surface area contributed by atoms with Crippen molar-refractivity contribution in [2.45, 2.75) is 44.3 Å². The Labute approximate surface area is 176 Å². The molecule has 164 valence electrons. The van der Waals surface area contributed by atoms with E-state index >= 15 is 0 Å². The zero-order chi connectivity index (χ0) is 21.4. The van der Waals surface area contributed by atoms with Crippen molar-refractivity contribution in [3.8, 4) is 11.5 Å². The second-order valence-electron chi connectivity index (χ2n) is 7.75. The van der Waals surface area contributed by atoms with Crippen LogP contribution in [0.4, 0.5) is 30.6 Å². The van der Waals surface area contributed by atoms with Gasteiger partial charge in [-0.1, -0.05) is 25.3 Å². The first-order valence-electron chi connectivity index (χ1n) is 10.4. The Hall–Kier alpha value is -3.17. The van der Waals surface area contributed by atoms with Crippen LogP contribution in [0.3, 0.4) is 0 Å². The Morgan fingerprint density at radius 1 is 1.03 bits per heavy atom. The van der Waals surface area contributed by atoms with Crippen LogP contribution < -0.4 is 20.1 Å². The number of rotatable bonds is 4. The number of hydrogen-bond acceptors (Lipinski definition) is 6. The van der Waals surface area contributed by atoms with E-state index < -0.39 is 11.7 Å². The summed E-state index contributed by atoms with van der Waals surface area (Å²) < 4.78 is 52.1. The average Bonchev–Trinajstić information content (AvgIpc) is 3.20. The van der Waals surface area contributed by atoms with Crippen molar-refractivity contribution in [1.29, 1.82) is 0 Å². The largest absolute Gasteiger partial charge is 0.486 e. The van der Waals surface area contributed by atoms with Crippen molar-refractivity contribution in [2.75, 3.05) is 23.8 Å². The summed E-state index contributed by atoms with van der Waals surface area (Å²) in [5, 5.41) is 6.28. The third-order valence-corrected chi connectivity index (χ3v) is 5.60. The molecule has 2 aromatic heterocycles. The van der Waals surface area contributed by atoms with Crippen LogP contribution in [0, 0.1) is 0 Å². The molecule has 7 nitrogen and oxygen atoms in total. The van der Waals surface area contributed by atoms with Gasteiger partial charge in [0, 0.05) is 12.2 Å². The van der Waals surface area contributed by atoms with E-state index in [1.165, 1.54) is 0 Å². The first kappa shape index (κ1) is 19.8. The van der Waals surface area contributed by atoms with Gasteiger partial charge < -0.3 is 25.1 Å². The van der Waals surface area contributed by atoms with Crippen LogP contribution in [-0.2, 0) is 6.18 Å². The van der Waals surface area contributed by atoms with Crippen LogP contribution in [0.25, 0.3) is 11.0 Å². The summed E-state index contributed by atoms with van der Waals surface area (Å²) in [7, 11) is 0. The van der Waals surface area contributed by atoms with Gasteiger partial charge in [-0.05, 0) is 25.0 Å². The van der Waals surface area contributed by atoms with Gasteiger partial charge in [0.2, 0.25) is 5.95 Å². The van der Waals surface area contributed by atoms with Crippen LogP contribution in [0.5, 0.6) is 11.5 Å². The predicted molar refractivity (Wildman–Crippen MR) is 110 cm³/mol. The van der Waals surface area contributed by atoms with Crippen molar-refractivity contribution < 1.29 is 22.6 Å². The lowest BCUT2D eigenvalue weighted by molar-refractivity contribution is -0.136. The van der Waals surface area contributed by atoms with Crippen LogP contribution >= 0.6 is 0 Å². The number of hydrogen-bond donors (Lipinski definition) is 3. The smallest absolute Gasteiger partial charge is 0.418 e. The zero-order valence-corrected chi connectivity index (χ0v) is 16.7. The summed E-state index contributed by atoms with van der Waals surface area (Å²) in [4.78, 5) is 11.4. The van der Waals surface area contributed by atoms with E-state index in [2.05, 4.69) is 25.6 Å². The molecule has 0 amide bonds. The third kappa shape index (κ3) is 3.94. The Morgan fingerprint density at radius 3 is 2.65 bits per heavy atom. The zero-order valence-electron chi connectivity index (χ0n) is 16.7. The minimum Gasteiger partial charge on any atom is -0.486 e. The lowest BCUT2D eigenvalue weighted by Gasteiger charge is -2.24. The number of nitrogens with one attached hydrogen (secondary N) is 3. The van der Waals surface area contributed by atoms with Crippen LogP contribution in [-0.4, -0.2) is 34.2 Å². The molecule has 0 bridgehead atoms. The van der Waals surface area contributed by atoms with E-state index in [1.807, 2.05) is 0 Å². The maximum Gasteiger partial charge on any atom is 0.418 e. The number of H-pyrrole nitrogens is 1. The first-order chi connectivity index (χ1) is 15.0. The van der Waals surface area contributed by atoms with Crippen molar-refractivity contribution in [3.63, 3.8) is 0 Å². The van der Waals surface area contributed by atoms with Crippen LogP contribution in [0.15, 0.2) is 24.4 Å². The fourth-order valence-electron chi connectivity index (χ4n) is 4.15. The topological polar surface area (TPSA) is 84.1 Å². The van der Waals surface area contributed by atoms with Crippen LogP contribution in [0.1, 0.15) is 37.7 Å². The van der Waals surface area contributed by atoms with Crippen molar-refractivity contribution >= 4 is 28.5 Å². The van der Waals surface area contributed by atoms with Gasteiger partial charge in [-0.25, -0.2) is 0 Å². The highest BCUT2D eigenvalue weighted by atomic mass is 19.4. The average molecular weight is 433 g/mol. The van der Waals surface area contributed by atoms with E-state index in [4.69, 9.17) is 9.47 Å². The van der Waals surface area contributed by atoms with E-state index in [0.29, 0.717) is 30.4 Å². The number of nitrogens with zero attached hydrogens (tertiary/aromatic N) is 2. The molecule has 1 saturated carbocycles. The minimum absolute atomic E-state index is 0.0432. The normalized spacial score (nSPS) is 17.0. The molecule has 10 heteroatoms. The van der Waals surface area contributed by atoms with Gasteiger partial charge in [0.15, 0.2) is 11.5 Å². The third-order valence-electron chi connectivity index (χ3n) is 5.60. The second-order valence-corrected chi connectivity index (χ2v) is 7.75. The molecule has 1 fully saturated rings. The van der Waals surface area contributed by atoms with Crippen molar-refractivity contribution in [1.82, 2.24) is 15.0 Å². The number of aromatic amines is 1. The standard InChI is InChI=1S/C21H22F3N5O2/c22-21(23,24)13-11-25-18-16(13)19(26-12-5-2-1-3-6-12)29-20(28-18)27-14-7-4-8-15-17(14)31-10-9-30-15/h4,7-8,11-12H,1-3,5-6,9-10H2,(H3,25,26,27,28,29). The van der Waals surface area contributed by atoms with Gasteiger partial charge in [-0.15, -0.1) is 0 Å². The molecule has 3 heterocycles. The Bertz CT molecular complexity index is 1090. The predicted octanol–water partition coefficient (Wildman–Crippen LogP) is 5.24. The van der Waals surface area contributed by atoms with Gasteiger partial charge >= 0.3 is 6.18 Å². The number of benzene rings is 1. The molecule has 1 aliphatic heterocycles. The minimum atomic E-state index is -4.51. The maximum absolute atomic E-state index is 13.6. The van der Waals surface area contributed by atoms with Gasteiger partial charge in [0.25, 0.3) is 0 Å². The quantitative estimate of drug-likeness (QED) is 0.522. The summed E-state index contributed by atoms with van der Waals surface area (Å²) >= 11 is 0. The fraction of sp³-hybridized carbons (Fsp3) is 0.429. The van der Waals surface area contributed by atoms with E-state index in [-0.39, 0.29) is 28.8 Å². The molecular formula is C21H22F3N5O2. The molecule has 0 radical (unpaired) electrons. The first-order valence-corrected chi connectivity index (χ1v) is 10.4. The molecule has 0 unspecified atom stereocenters. The fourth-order valence-corrected chi connectivity index (χ4v) is 4.15. The van der Waals surface area contributed by atoms with E-state index in [1.54, 1.807) is 18.2 Å². The molecule has 0 atom stereocenters. The SMILES string of the molecule is FC(F)(F)c1c[nH]c2nc(Nc3cccc4c3OCCO4)nc(NC3CCCCC3)c12. The molecule has 1 aliphatic carbocycles. The summed E-state index contributed by atoms with van der Waals surface area (Å²) in [6.07, 6.45) is 1.46. The summed E-state index contributed by atoms with van der Waals surface area (Å²) in [6.45, 7) is 0.864. The molecule has 3 aromatic rings. The molecule has 3 N–H and O–H groups in total. The van der Waals surface area contributed by atoms with Gasteiger partial charge in [-0.2, -0.15) is 23.1 Å². The van der Waals surface area contributed by atoms with Gasteiger partial charge in [0.05, 0.1) is 16.6 Å². The highest BCUT2D eigenvalue weighted by molar-refractivity contribution is 5.92. The number of alkyl halides is 3. The van der Waals surface area contributed by atoms with Gasteiger partial charge in [-0.3, -0.25) is 0 Å². The Kier molecular flexibility index (Phi) is 4.99. The molecular weight excluding hydrogens is 411 g/mol. The lowest BCUT2D eigenvalue weighted by atomic mass is 9.95. The number of ether oxygens (including phenoxy) is 2. The number of para-hydroxylation sites is 1. The molecule has 1 aromatic carbocycles. The number of halogens is 3. The summed E-state index contributed by atoms with van der Waals surface area (Å²) in [6, 6.07) is 5.45. The highest BCUT2D eigenvalue weighted by Gasteiger charge is 2.36.